The highest BCUT2D eigenvalue weighted by atomic mass is 16.6. The fourth-order valence-corrected chi connectivity index (χ4v) is 3.14. The third-order valence-corrected chi connectivity index (χ3v) is 4.65. The number of ether oxygens (including phenoxy) is 1. The maximum Gasteiger partial charge on any atom is 0.326 e. The minimum atomic E-state index is -1.53. The number of hydrogen-bond donors (Lipinski definition) is 3. The normalized spacial score (nSPS) is 12.2. The van der Waals surface area contributed by atoms with Crippen molar-refractivity contribution < 1.29 is 33.9 Å². The second-order valence-corrected chi connectivity index (χ2v) is 7.01. The molecule has 174 valence electrons. The number of nitro benzene ring substituents is 1. The Bertz CT molecular complexity index is 1030. The van der Waals surface area contributed by atoms with Crippen molar-refractivity contribution in [1.29, 1.82) is 0 Å². The summed E-state index contributed by atoms with van der Waals surface area (Å²) in [5, 5.41) is 25.7. The van der Waals surface area contributed by atoms with Gasteiger partial charge in [-0.3, -0.25) is 24.5 Å². The molecule has 0 bridgehead atoms. The second-order valence-electron chi connectivity index (χ2n) is 7.01. The van der Waals surface area contributed by atoms with Crippen LogP contribution in [0.25, 0.3) is 0 Å². The van der Waals surface area contributed by atoms with E-state index in [0.29, 0.717) is 11.3 Å². The van der Waals surface area contributed by atoms with E-state index in [1.165, 1.54) is 55.5 Å². The molecule has 0 saturated carbocycles. The topological polar surface area (TPSA) is 165 Å². The predicted octanol–water partition coefficient (Wildman–Crippen LogP) is 2.47. The molecule has 0 unspecified atom stereocenters. The molecule has 0 aliphatic carbocycles. The van der Waals surface area contributed by atoms with Gasteiger partial charge in [-0.15, -0.1) is 0 Å². The molecular formula is C22H23N3O8. The van der Waals surface area contributed by atoms with E-state index in [0.717, 1.165) is 0 Å². The van der Waals surface area contributed by atoms with Gasteiger partial charge in [-0.05, 0) is 36.8 Å². The van der Waals surface area contributed by atoms with Crippen LogP contribution < -0.4 is 10.6 Å². The second kappa shape index (κ2) is 11.4. The van der Waals surface area contributed by atoms with Gasteiger partial charge in [0.25, 0.3) is 11.6 Å². The third kappa shape index (κ3) is 7.13. The van der Waals surface area contributed by atoms with E-state index < -0.39 is 34.7 Å². The maximum absolute atomic E-state index is 12.7. The van der Waals surface area contributed by atoms with Crippen LogP contribution in [0.4, 0.5) is 11.4 Å². The van der Waals surface area contributed by atoms with Gasteiger partial charge in [0.05, 0.1) is 18.0 Å². The van der Waals surface area contributed by atoms with E-state index in [2.05, 4.69) is 10.6 Å². The fourth-order valence-electron chi connectivity index (χ4n) is 3.14. The molecule has 2 aromatic rings. The molecule has 0 radical (unpaired) electrons. The van der Waals surface area contributed by atoms with Crippen LogP contribution in [0.15, 0.2) is 48.5 Å². The number of nitrogens with zero attached hydrogens (tertiary/aromatic N) is 1. The van der Waals surface area contributed by atoms with Crippen LogP contribution in [0.1, 0.15) is 42.1 Å². The zero-order valence-corrected chi connectivity index (χ0v) is 17.9. The van der Waals surface area contributed by atoms with Crippen LogP contribution in [0, 0.1) is 10.1 Å². The molecule has 0 aliphatic rings. The Kier molecular flexibility index (Phi) is 8.61. The molecule has 0 heterocycles. The van der Waals surface area contributed by atoms with E-state index in [9.17, 15) is 34.4 Å². The molecule has 2 atom stereocenters. The minimum Gasteiger partial charge on any atom is -0.480 e. The summed E-state index contributed by atoms with van der Waals surface area (Å²) < 4.78 is 4.93. The van der Waals surface area contributed by atoms with Crippen LogP contribution in [-0.2, 0) is 19.1 Å². The highest BCUT2D eigenvalue weighted by molar-refractivity contribution is 5.97. The number of hydrogen-bond acceptors (Lipinski definition) is 7. The lowest BCUT2D eigenvalue weighted by Gasteiger charge is -2.25. The van der Waals surface area contributed by atoms with Gasteiger partial charge in [0.2, 0.25) is 5.91 Å². The number of carbonyl (C=O) groups is 4. The molecule has 11 nitrogen and oxygen atoms in total. The minimum absolute atomic E-state index is 0.0799. The number of esters is 1. The van der Waals surface area contributed by atoms with Crippen molar-refractivity contribution in [3.05, 3.63) is 69.8 Å². The SMILES string of the molecule is CCOC(=O)C[C@H](c1ccc([N+](=O)[O-])cc1)[C@H](NC(=O)c1ccc(NC(C)=O)cc1)C(=O)O. The average Bonchev–Trinajstić information content (AvgIpc) is 2.76. The summed E-state index contributed by atoms with van der Waals surface area (Å²) in [6.07, 6.45) is -0.371. The van der Waals surface area contributed by atoms with Gasteiger partial charge in [-0.25, -0.2) is 4.79 Å². The molecule has 0 spiro atoms. The maximum atomic E-state index is 12.7. The number of non-ortho nitro benzene ring substituents is 1. The van der Waals surface area contributed by atoms with Gasteiger partial charge < -0.3 is 20.5 Å². The van der Waals surface area contributed by atoms with E-state index in [-0.39, 0.29) is 30.2 Å². The number of nitrogens with one attached hydrogen (secondary N) is 2. The summed E-state index contributed by atoms with van der Waals surface area (Å²) >= 11 is 0. The molecule has 2 amide bonds. The van der Waals surface area contributed by atoms with Crippen molar-refractivity contribution in [1.82, 2.24) is 5.32 Å². The van der Waals surface area contributed by atoms with Crippen molar-refractivity contribution in [2.24, 2.45) is 0 Å². The van der Waals surface area contributed by atoms with Gasteiger partial charge in [-0.1, -0.05) is 12.1 Å². The highest BCUT2D eigenvalue weighted by Gasteiger charge is 2.33. The van der Waals surface area contributed by atoms with Crippen molar-refractivity contribution in [3.63, 3.8) is 0 Å². The molecule has 0 fully saturated rings. The van der Waals surface area contributed by atoms with Gasteiger partial charge in [0.15, 0.2) is 0 Å². The zero-order chi connectivity index (χ0) is 24.5. The Balaban J connectivity index is 2.32. The molecule has 11 heteroatoms. The molecule has 33 heavy (non-hydrogen) atoms. The third-order valence-electron chi connectivity index (χ3n) is 4.65. The number of carboxylic acids is 1. The van der Waals surface area contributed by atoms with Gasteiger partial charge >= 0.3 is 11.9 Å². The summed E-state index contributed by atoms with van der Waals surface area (Å²) in [6, 6.07) is 9.32. The Hall–Kier alpha value is -4.28. The molecule has 2 aromatic carbocycles. The van der Waals surface area contributed by atoms with Crippen LogP contribution in [0.5, 0.6) is 0 Å². The summed E-state index contributed by atoms with van der Waals surface area (Å²) in [5.74, 6) is -4.13. The monoisotopic (exact) mass is 457 g/mol. The van der Waals surface area contributed by atoms with Gasteiger partial charge in [0, 0.05) is 36.2 Å². The van der Waals surface area contributed by atoms with Crippen LogP contribution in [0.3, 0.4) is 0 Å². The van der Waals surface area contributed by atoms with Crippen molar-refractivity contribution in [3.8, 4) is 0 Å². The molecule has 2 rings (SSSR count). The van der Waals surface area contributed by atoms with Gasteiger partial charge in [-0.2, -0.15) is 0 Å². The number of benzene rings is 2. The lowest BCUT2D eigenvalue weighted by molar-refractivity contribution is -0.384. The van der Waals surface area contributed by atoms with Crippen molar-refractivity contribution in [2.75, 3.05) is 11.9 Å². The fraction of sp³-hybridized carbons (Fsp3) is 0.273. The number of anilines is 1. The number of rotatable bonds is 10. The summed E-state index contributed by atoms with van der Waals surface area (Å²) in [4.78, 5) is 58.4. The van der Waals surface area contributed by atoms with Crippen molar-refractivity contribution >= 4 is 35.1 Å². The molecular weight excluding hydrogens is 434 g/mol. The van der Waals surface area contributed by atoms with E-state index in [4.69, 9.17) is 4.74 Å². The summed E-state index contributed by atoms with van der Waals surface area (Å²) in [7, 11) is 0. The van der Waals surface area contributed by atoms with E-state index in [1.54, 1.807) is 6.92 Å². The Morgan fingerprint density at radius 3 is 2.15 bits per heavy atom. The lowest BCUT2D eigenvalue weighted by Crippen LogP contribution is -2.45. The molecule has 0 aromatic heterocycles. The van der Waals surface area contributed by atoms with E-state index >= 15 is 0 Å². The van der Waals surface area contributed by atoms with Crippen LogP contribution in [0.2, 0.25) is 0 Å². The Labute approximate surface area is 188 Å². The van der Waals surface area contributed by atoms with Crippen LogP contribution >= 0.6 is 0 Å². The molecule has 0 saturated heterocycles. The van der Waals surface area contributed by atoms with Crippen molar-refractivity contribution in [2.45, 2.75) is 32.2 Å². The first kappa shape index (κ1) is 25.0. The van der Waals surface area contributed by atoms with Crippen LogP contribution in [-0.4, -0.2) is 46.4 Å². The largest absolute Gasteiger partial charge is 0.480 e. The quantitative estimate of drug-likeness (QED) is 0.278. The number of amides is 2. The zero-order valence-electron chi connectivity index (χ0n) is 17.9. The number of aliphatic carboxylic acids is 1. The first-order chi connectivity index (χ1) is 15.6. The number of carboxylic acid groups (broad SMARTS) is 1. The highest BCUT2D eigenvalue weighted by Crippen LogP contribution is 2.27. The average molecular weight is 457 g/mol. The lowest BCUT2D eigenvalue weighted by atomic mass is 9.88. The Morgan fingerprint density at radius 1 is 1.06 bits per heavy atom. The Morgan fingerprint density at radius 2 is 1.67 bits per heavy atom. The first-order valence-electron chi connectivity index (χ1n) is 9.93. The standard InChI is InChI=1S/C22H23N3O8/c1-3-33-19(27)12-18(14-6-10-17(11-7-14)25(31)32)20(22(29)30)24-21(28)15-4-8-16(9-5-15)23-13(2)26/h4-11,18,20H,3,12H2,1-2H3,(H,23,26)(H,24,28)(H,29,30)/t18-,20+/m1/s1. The van der Waals surface area contributed by atoms with E-state index in [1.807, 2.05) is 0 Å². The summed E-state index contributed by atoms with van der Waals surface area (Å²) in [6.45, 7) is 3.01. The predicted molar refractivity (Wildman–Crippen MR) is 117 cm³/mol. The molecule has 0 aliphatic heterocycles. The smallest absolute Gasteiger partial charge is 0.326 e. The number of carbonyl (C=O) groups excluding carboxylic acids is 3. The summed E-state index contributed by atoms with van der Waals surface area (Å²) in [5.41, 5.74) is 0.694. The van der Waals surface area contributed by atoms with Gasteiger partial charge in [0.1, 0.15) is 6.04 Å². The number of nitro groups is 1. The first-order valence-corrected chi connectivity index (χ1v) is 9.93. The molecule has 3 N–H and O–H groups in total.